The fraction of sp³-hybridized carbons (Fsp3) is 0.536. The molecule has 3 heterocycles. The van der Waals surface area contributed by atoms with E-state index >= 15 is 0 Å². The summed E-state index contributed by atoms with van der Waals surface area (Å²) in [6.45, 7) is 5.11. The number of methoxy groups -OCH3 is 2. The van der Waals surface area contributed by atoms with E-state index in [1.165, 1.54) is 19.3 Å². The van der Waals surface area contributed by atoms with E-state index in [-0.39, 0.29) is 60.2 Å². The number of aliphatic hydroxyl groups is 3. The predicted molar refractivity (Wildman–Crippen MR) is 158 cm³/mol. The Morgan fingerprint density at radius 1 is 1.07 bits per heavy atom. The van der Waals surface area contributed by atoms with E-state index in [0.717, 1.165) is 18.2 Å². The molecule has 4 rings (SSSR count). The molecule has 8 N–H and O–H groups in total. The first-order valence-corrected chi connectivity index (χ1v) is 13.0. The summed E-state index contributed by atoms with van der Waals surface area (Å²) >= 11 is 0. The molecule has 1 fully saturated rings. The van der Waals surface area contributed by atoms with Crippen LogP contribution in [0.3, 0.4) is 0 Å². The van der Waals surface area contributed by atoms with Crippen molar-refractivity contribution >= 4 is 23.3 Å². The molecule has 0 bridgehead atoms. The number of aliphatic carboxylic acids is 2. The molecule has 1 saturated heterocycles. The van der Waals surface area contributed by atoms with E-state index in [2.05, 4.69) is 9.73 Å². The number of phenolic OH excluding ortho intramolecular Hbond substituents is 1. The number of nitrogens with zero attached hydrogens (tertiary/aromatic N) is 2. The van der Waals surface area contributed by atoms with Gasteiger partial charge in [-0.2, -0.15) is 0 Å². The number of dihydropyridines is 1. The van der Waals surface area contributed by atoms with Crippen LogP contribution in [0.25, 0.3) is 0 Å². The number of aliphatic hydroxyl groups excluding tert-OH is 3. The van der Waals surface area contributed by atoms with Gasteiger partial charge in [0.2, 0.25) is 0 Å². The van der Waals surface area contributed by atoms with Crippen LogP contribution < -0.4 is 9.64 Å². The average molecular weight is 841 g/mol. The van der Waals surface area contributed by atoms with Gasteiger partial charge in [0.05, 0.1) is 32.5 Å². The van der Waals surface area contributed by atoms with Crippen LogP contribution in [0.4, 0.5) is 5.69 Å². The molecule has 0 spiro atoms. The number of phenols is 1. The standard InChI is InChI=1S/C18H18N2O6.C5H10O3.C2H6O.C2H6.CH4O.H2O.U/c1-26-16-8-11-7-14(18(24)25)20(13(11)9-15(16)21)5-3-10-2-4-19-12(6-10)17(22)23;6-4-1-5(7)3-8-2-4;1-3-2;2*1-2;;/h3,5-6,8-9,14,21H,2,4,7H2,1H3,(H,22,23)(H,24,25);4-7H,1-3H2;1-2H3;1-2H3;2H,1H3;1H2;/b5-3+;;;;;;/t14-;4-,5+;;;;;/m0....../s1. The van der Waals surface area contributed by atoms with E-state index < -0.39 is 30.2 Å². The Bertz CT molecular complexity index is 1040. The van der Waals surface area contributed by atoms with E-state index in [9.17, 15) is 19.8 Å². The molecule has 3 atom stereocenters. The Morgan fingerprint density at radius 3 is 2.07 bits per heavy atom. The summed E-state index contributed by atoms with van der Waals surface area (Å²) in [4.78, 5) is 28.1. The Balaban J connectivity index is -0.000000790. The van der Waals surface area contributed by atoms with Crippen molar-refractivity contribution in [1.82, 2.24) is 0 Å². The predicted octanol–water partition coefficient (Wildman–Crippen LogP) is 0.787. The molecule has 244 valence electrons. The molecule has 0 amide bonds. The molecule has 1 aromatic rings. The van der Waals surface area contributed by atoms with Gasteiger partial charge in [0.25, 0.3) is 0 Å². The number of carbonyl (C=O) groups is 2. The number of fused-ring (bicyclic) bond motifs is 1. The van der Waals surface area contributed by atoms with Crippen molar-refractivity contribution in [2.45, 2.75) is 51.4 Å². The van der Waals surface area contributed by atoms with Gasteiger partial charge >= 0.3 is 11.9 Å². The van der Waals surface area contributed by atoms with Crippen LogP contribution in [0.2, 0.25) is 0 Å². The number of carboxylic acids is 2. The van der Waals surface area contributed by atoms with Gasteiger partial charge in [-0.15, -0.1) is 0 Å². The van der Waals surface area contributed by atoms with Crippen molar-refractivity contribution in [3.05, 3.63) is 41.6 Å². The minimum absolute atomic E-state index is 0. The molecule has 15 heteroatoms. The second kappa shape index (κ2) is 24.9. The fourth-order valence-electron chi connectivity index (χ4n) is 3.86. The van der Waals surface area contributed by atoms with Crippen LogP contribution in [0.1, 0.15) is 32.3 Å². The Kier molecular flexibility index (Phi) is 26.0. The molecule has 14 nitrogen and oxygen atoms in total. The van der Waals surface area contributed by atoms with Crippen molar-refractivity contribution in [3.63, 3.8) is 0 Å². The molecule has 0 unspecified atom stereocenters. The number of aliphatic imine (C=N–C) groups is 1. The number of carboxylic acid groups (broad SMARTS) is 2. The number of rotatable bonds is 5. The quantitative estimate of drug-likeness (QED) is 0.242. The maximum atomic E-state index is 11.6. The first kappa shape index (κ1) is 45.0. The number of allylic oxidation sites excluding steroid dienone is 1. The van der Waals surface area contributed by atoms with E-state index in [1.54, 1.807) is 37.5 Å². The molecule has 0 aromatic heterocycles. The Morgan fingerprint density at radius 2 is 1.63 bits per heavy atom. The third kappa shape index (κ3) is 15.2. The zero-order valence-electron chi connectivity index (χ0n) is 25.5. The molecule has 0 aliphatic carbocycles. The van der Waals surface area contributed by atoms with Gasteiger partial charge in [0, 0.05) is 89.8 Å². The minimum Gasteiger partial charge on any atom is -0.504 e. The van der Waals surface area contributed by atoms with Gasteiger partial charge in [-0.3, -0.25) is 4.99 Å². The molecule has 1 aromatic carbocycles. The maximum absolute atomic E-state index is 11.6. The second-order valence-electron chi connectivity index (χ2n) is 8.46. The fourth-order valence-corrected chi connectivity index (χ4v) is 3.86. The summed E-state index contributed by atoms with van der Waals surface area (Å²) in [5.41, 5.74) is 2.06. The molecule has 3 aliphatic rings. The minimum atomic E-state index is -1.09. The van der Waals surface area contributed by atoms with Crippen molar-refractivity contribution in [2.75, 3.05) is 53.1 Å². The van der Waals surface area contributed by atoms with Crippen LogP contribution in [-0.2, 0) is 25.5 Å². The third-order valence-corrected chi connectivity index (χ3v) is 5.53. The SMILES string of the molecule is CC.CO.COC.COc1cc2c(cc1O)N(/C=C/C1=CC(C(=O)O)=NCC1)[C@H](C(=O)O)C2.O.O[C@@H]1COC[C@H](O)C1.[U]. The van der Waals surface area contributed by atoms with Gasteiger partial charge in [-0.05, 0) is 35.8 Å². The number of aromatic hydroxyl groups is 1. The van der Waals surface area contributed by atoms with Crippen LogP contribution in [0.15, 0.2) is 41.1 Å². The van der Waals surface area contributed by atoms with Crippen LogP contribution in [-0.4, -0.2) is 120 Å². The van der Waals surface area contributed by atoms with Gasteiger partial charge in [0.15, 0.2) is 11.5 Å². The van der Waals surface area contributed by atoms with E-state index in [0.29, 0.717) is 38.3 Å². The number of benzene rings is 1. The molecule has 0 radical (unpaired) electrons. The first-order chi connectivity index (χ1) is 19.6. The molecular formula is C28H46N2O12U. The van der Waals surface area contributed by atoms with Crippen molar-refractivity contribution in [3.8, 4) is 11.5 Å². The van der Waals surface area contributed by atoms with Crippen molar-refractivity contribution < 1.29 is 91.0 Å². The summed E-state index contributed by atoms with van der Waals surface area (Å²) in [5.74, 6) is -1.87. The topological polar surface area (TPSA) is 230 Å². The summed E-state index contributed by atoms with van der Waals surface area (Å²) in [6.07, 6.45) is 5.14. The second-order valence-corrected chi connectivity index (χ2v) is 8.46. The number of ether oxygens (including phenoxy) is 3. The number of hydrogen-bond donors (Lipinski definition) is 6. The molecule has 0 saturated carbocycles. The van der Waals surface area contributed by atoms with Gasteiger partial charge in [0.1, 0.15) is 11.8 Å². The molecular weight excluding hydrogens is 794 g/mol. The van der Waals surface area contributed by atoms with Crippen LogP contribution in [0, 0.1) is 31.1 Å². The smallest absolute Gasteiger partial charge is 0.354 e. The van der Waals surface area contributed by atoms with E-state index in [4.69, 9.17) is 29.9 Å². The van der Waals surface area contributed by atoms with Crippen LogP contribution in [0.5, 0.6) is 11.5 Å². The van der Waals surface area contributed by atoms with Crippen LogP contribution >= 0.6 is 0 Å². The van der Waals surface area contributed by atoms with Crippen molar-refractivity contribution in [1.29, 1.82) is 0 Å². The Hall–Kier alpha value is -2.48. The average Bonchev–Trinajstić information content (AvgIpc) is 3.32. The first-order valence-electron chi connectivity index (χ1n) is 13.0. The molecule has 3 aliphatic heterocycles. The summed E-state index contributed by atoms with van der Waals surface area (Å²) in [6, 6.07) is 2.29. The zero-order valence-corrected chi connectivity index (χ0v) is 29.6. The normalized spacial score (nSPS) is 19.7. The summed E-state index contributed by atoms with van der Waals surface area (Å²) < 4.78 is 14.1. The zero-order chi connectivity index (χ0) is 31.5. The third-order valence-electron chi connectivity index (χ3n) is 5.53. The summed E-state index contributed by atoms with van der Waals surface area (Å²) in [7, 11) is 5.68. The van der Waals surface area contributed by atoms with Crippen molar-refractivity contribution in [2.24, 2.45) is 4.99 Å². The Labute approximate surface area is 276 Å². The summed E-state index contributed by atoms with van der Waals surface area (Å²) in [5, 5.41) is 53.2. The number of hydrogen-bond acceptors (Lipinski definition) is 11. The largest absolute Gasteiger partial charge is 0.504 e. The van der Waals surface area contributed by atoms with Gasteiger partial charge in [-0.25, -0.2) is 9.59 Å². The molecule has 43 heavy (non-hydrogen) atoms. The number of anilines is 1. The van der Waals surface area contributed by atoms with Gasteiger partial charge < -0.3 is 55.2 Å². The monoisotopic (exact) mass is 840 g/mol. The van der Waals surface area contributed by atoms with E-state index in [1.807, 2.05) is 13.8 Å². The maximum Gasteiger partial charge on any atom is 0.354 e. The van der Waals surface area contributed by atoms with Gasteiger partial charge in [-0.1, -0.05) is 13.8 Å².